The van der Waals surface area contributed by atoms with Gasteiger partial charge in [0.2, 0.25) is 5.91 Å². The number of pyridine rings is 1. The van der Waals surface area contributed by atoms with Gasteiger partial charge < -0.3 is 20.3 Å². The van der Waals surface area contributed by atoms with Crippen LogP contribution in [0.4, 0.5) is 5.82 Å². The second kappa shape index (κ2) is 7.56. The van der Waals surface area contributed by atoms with Crippen LogP contribution in [0, 0.1) is 0 Å². The van der Waals surface area contributed by atoms with Crippen molar-refractivity contribution in [1.29, 1.82) is 0 Å². The second-order valence-electron chi connectivity index (χ2n) is 5.93. The van der Waals surface area contributed by atoms with Gasteiger partial charge in [-0.05, 0) is 24.5 Å². The molecule has 120 valence electrons. The van der Waals surface area contributed by atoms with Gasteiger partial charge in [-0.15, -0.1) is 0 Å². The predicted molar refractivity (Wildman–Crippen MR) is 84.8 cm³/mol. The van der Waals surface area contributed by atoms with E-state index in [0.717, 1.165) is 37.6 Å². The van der Waals surface area contributed by atoms with Crippen molar-refractivity contribution in [1.82, 2.24) is 15.6 Å². The number of rotatable bonds is 5. The summed E-state index contributed by atoms with van der Waals surface area (Å²) < 4.78 is 5.35. The van der Waals surface area contributed by atoms with E-state index in [1.165, 1.54) is 12.8 Å². The Morgan fingerprint density at radius 1 is 1.41 bits per heavy atom. The molecule has 22 heavy (non-hydrogen) atoms. The Hall–Kier alpha value is -1.66. The van der Waals surface area contributed by atoms with Crippen LogP contribution in [-0.2, 0) is 16.1 Å². The second-order valence-corrected chi connectivity index (χ2v) is 5.93. The number of hydrogen-bond donors (Lipinski definition) is 2. The summed E-state index contributed by atoms with van der Waals surface area (Å²) in [7, 11) is 0. The molecule has 2 N–H and O–H groups in total. The van der Waals surface area contributed by atoms with Crippen molar-refractivity contribution in [2.24, 2.45) is 0 Å². The SMILES string of the molecule is O=C(CC1COCCN1)NCc1ccc(N2CCCC2)nc1. The lowest BCUT2D eigenvalue weighted by molar-refractivity contribution is -0.122. The zero-order valence-electron chi connectivity index (χ0n) is 12.9. The number of nitrogens with zero attached hydrogens (tertiary/aromatic N) is 2. The average Bonchev–Trinajstić information content (AvgIpc) is 3.09. The lowest BCUT2D eigenvalue weighted by atomic mass is 10.2. The molecule has 0 radical (unpaired) electrons. The number of morpholine rings is 1. The zero-order valence-corrected chi connectivity index (χ0v) is 12.9. The molecule has 0 spiro atoms. The topological polar surface area (TPSA) is 66.5 Å². The van der Waals surface area contributed by atoms with Gasteiger partial charge in [0, 0.05) is 44.8 Å². The highest BCUT2D eigenvalue weighted by Gasteiger charge is 2.17. The van der Waals surface area contributed by atoms with Gasteiger partial charge in [0.15, 0.2) is 0 Å². The number of carbonyl (C=O) groups excluding carboxylic acids is 1. The van der Waals surface area contributed by atoms with E-state index in [4.69, 9.17) is 4.74 Å². The van der Waals surface area contributed by atoms with Crippen LogP contribution in [0.2, 0.25) is 0 Å². The Bertz CT molecular complexity index is 479. The Kier molecular flexibility index (Phi) is 5.24. The van der Waals surface area contributed by atoms with E-state index >= 15 is 0 Å². The molecule has 6 heteroatoms. The minimum absolute atomic E-state index is 0.0478. The van der Waals surface area contributed by atoms with Crippen LogP contribution in [0.1, 0.15) is 24.8 Å². The van der Waals surface area contributed by atoms with Crippen LogP contribution in [0.15, 0.2) is 18.3 Å². The van der Waals surface area contributed by atoms with Crippen LogP contribution in [-0.4, -0.2) is 49.8 Å². The summed E-state index contributed by atoms with van der Waals surface area (Å²) in [4.78, 5) is 18.7. The molecule has 2 aliphatic rings. The van der Waals surface area contributed by atoms with Crippen molar-refractivity contribution < 1.29 is 9.53 Å². The van der Waals surface area contributed by atoms with Gasteiger partial charge in [0.1, 0.15) is 5.82 Å². The minimum atomic E-state index is 0.0478. The Labute approximate surface area is 131 Å². The van der Waals surface area contributed by atoms with Gasteiger partial charge in [-0.2, -0.15) is 0 Å². The standard InChI is InChI=1S/C16H24N4O2/c21-16(9-14-12-22-8-5-17-14)19-11-13-3-4-15(18-10-13)20-6-1-2-7-20/h3-4,10,14,17H,1-2,5-9,11-12H2,(H,19,21). The van der Waals surface area contributed by atoms with Crippen molar-refractivity contribution in [3.05, 3.63) is 23.9 Å². The van der Waals surface area contributed by atoms with Gasteiger partial charge >= 0.3 is 0 Å². The highest BCUT2D eigenvalue weighted by atomic mass is 16.5. The van der Waals surface area contributed by atoms with E-state index in [1.54, 1.807) is 0 Å². The lowest BCUT2D eigenvalue weighted by Gasteiger charge is -2.23. The molecule has 0 aliphatic carbocycles. The average molecular weight is 304 g/mol. The third kappa shape index (κ3) is 4.18. The molecule has 1 amide bonds. The van der Waals surface area contributed by atoms with E-state index in [9.17, 15) is 4.79 Å². The fraction of sp³-hybridized carbons (Fsp3) is 0.625. The van der Waals surface area contributed by atoms with Gasteiger partial charge in [0.25, 0.3) is 0 Å². The number of hydrogen-bond acceptors (Lipinski definition) is 5. The van der Waals surface area contributed by atoms with E-state index in [1.807, 2.05) is 18.3 Å². The van der Waals surface area contributed by atoms with Gasteiger partial charge in [-0.3, -0.25) is 4.79 Å². The molecule has 0 saturated carbocycles. The first-order valence-electron chi connectivity index (χ1n) is 8.09. The number of nitrogens with one attached hydrogen (secondary N) is 2. The third-order valence-corrected chi connectivity index (χ3v) is 4.16. The molecule has 2 fully saturated rings. The van der Waals surface area contributed by atoms with E-state index < -0.39 is 0 Å². The molecular formula is C16H24N4O2. The van der Waals surface area contributed by atoms with Crippen molar-refractivity contribution >= 4 is 11.7 Å². The van der Waals surface area contributed by atoms with Crippen molar-refractivity contribution in [3.8, 4) is 0 Å². The first-order chi connectivity index (χ1) is 10.8. The van der Waals surface area contributed by atoms with Crippen LogP contribution in [0.25, 0.3) is 0 Å². The zero-order chi connectivity index (χ0) is 15.2. The summed E-state index contributed by atoms with van der Waals surface area (Å²) in [6.45, 7) is 4.88. The Balaban J connectivity index is 1.43. The minimum Gasteiger partial charge on any atom is -0.378 e. The predicted octanol–water partition coefficient (Wildman–Crippen LogP) is 0.677. The molecule has 3 heterocycles. The first kappa shape index (κ1) is 15.2. The summed E-state index contributed by atoms with van der Waals surface area (Å²) in [6, 6.07) is 4.22. The number of anilines is 1. The maximum Gasteiger partial charge on any atom is 0.221 e. The molecular weight excluding hydrogens is 280 g/mol. The van der Waals surface area contributed by atoms with Crippen molar-refractivity contribution in [3.63, 3.8) is 0 Å². The fourth-order valence-electron chi connectivity index (χ4n) is 2.90. The van der Waals surface area contributed by atoms with Crippen LogP contribution >= 0.6 is 0 Å². The summed E-state index contributed by atoms with van der Waals surface area (Å²) in [5.74, 6) is 1.09. The third-order valence-electron chi connectivity index (χ3n) is 4.16. The molecule has 2 aliphatic heterocycles. The molecule has 1 atom stereocenters. The van der Waals surface area contributed by atoms with Crippen molar-refractivity contribution in [2.75, 3.05) is 37.7 Å². The lowest BCUT2D eigenvalue weighted by Crippen LogP contribution is -2.44. The number of aromatic nitrogens is 1. The molecule has 1 aromatic rings. The molecule has 0 bridgehead atoms. The van der Waals surface area contributed by atoms with Gasteiger partial charge in [0.05, 0.1) is 13.2 Å². The quantitative estimate of drug-likeness (QED) is 0.837. The largest absolute Gasteiger partial charge is 0.378 e. The molecule has 2 saturated heterocycles. The van der Waals surface area contributed by atoms with Gasteiger partial charge in [-0.25, -0.2) is 4.98 Å². The van der Waals surface area contributed by atoms with E-state index in [2.05, 4.69) is 20.5 Å². The van der Waals surface area contributed by atoms with E-state index in [-0.39, 0.29) is 11.9 Å². The Morgan fingerprint density at radius 2 is 2.27 bits per heavy atom. The summed E-state index contributed by atoms with van der Waals surface area (Å²) in [5, 5.41) is 6.23. The Morgan fingerprint density at radius 3 is 2.95 bits per heavy atom. The number of amides is 1. The van der Waals surface area contributed by atoms with Crippen LogP contribution in [0.5, 0.6) is 0 Å². The summed E-state index contributed by atoms with van der Waals surface area (Å²) in [6.07, 6.45) is 4.81. The molecule has 1 unspecified atom stereocenters. The fourth-order valence-corrected chi connectivity index (χ4v) is 2.90. The maximum absolute atomic E-state index is 11.9. The summed E-state index contributed by atoms with van der Waals surface area (Å²) >= 11 is 0. The molecule has 1 aromatic heterocycles. The maximum atomic E-state index is 11.9. The highest BCUT2D eigenvalue weighted by Crippen LogP contribution is 2.17. The number of ether oxygens (including phenoxy) is 1. The van der Waals surface area contributed by atoms with Crippen LogP contribution < -0.4 is 15.5 Å². The normalized spacial score (nSPS) is 21.8. The molecule has 6 nitrogen and oxygen atoms in total. The number of carbonyl (C=O) groups is 1. The summed E-state index contributed by atoms with van der Waals surface area (Å²) in [5.41, 5.74) is 1.03. The van der Waals surface area contributed by atoms with Crippen molar-refractivity contribution in [2.45, 2.75) is 31.8 Å². The first-order valence-corrected chi connectivity index (χ1v) is 8.09. The van der Waals surface area contributed by atoms with Gasteiger partial charge in [-0.1, -0.05) is 6.07 Å². The monoisotopic (exact) mass is 304 g/mol. The smallest absolute Gasteiger partial charge is 0.221 e. The highest BCUT2D eigenvalue weighted by molar-refractivity contribution is 5.76. The van der Waals surface area contributed by atoms with E-state index in [0.29, 0.717) is 19.6 Å². The molecule has 3 rings (SSSR count). The molecule has 0 aromatic carbocycles. The van der Waals surface area contributed by atoms with Crippen LogP contribution in [0.3, 0.4) is 0 Å².